The van der Waals surface area contributed by atoms with E-state index in [9.17, 15) is 22.4 Å². The standard InChI is InChI=1S/C18H11F4N3O3/c19-12-6-11(8-14(9-12)28-17(26)27)10-2-1-3-13(7-10)24-16-23-5-4-15(25-16)18(20,21)22/h1-9H,(H,26,27)(H,23,24,25). The van der Waals surface area contributed by atoms with Gasteiger partial charge in [-0.2, -0.15) is 13.2 Å². The van der Waals surface area contributed by atoms with E-state index in [1.54, 1.807) is 18.2 Å². The van der Waals surface area contributed by atoms with Gasteiger partial charge in [0.05, 0.1) is 0 Å². The van der Waals surface area contributed by atoms with Crippen LogP contribution in [0.1, 0.15) is 5.69 Å². The van der Waals surface area contributed by atoms with Crippen molar-refractivity contribution in [3.05, 3.63) is 66.2 Å². The molecule has 144 valence electrons. The van der Waals surface area contributed by atoms with E-state index in [4.69, 9.17) is 5.11 Å². The van der Waals surface area contributed by atoms with Crippen molar-refractivity contribution in [2.45, 2.75) is 6.18 Å². The zero-order valence-corrected chi connectivity index (χ0v) is 13.9. The normalized spacial score (nSPS) is 11.1. The first-order valence-corrected chi connectivity index (χ1v) is 7.70. The molecule has 1 heterocycles. The molecule has 0 aliphatic rings. The zero-order chi connectivity index (χ0) is 20.3. The van der Waals surface area contributed by atoms with E-state index in [1.807, 2.05) is 0 Å². The number of anilines is 2. The first-order chi connectivity index (χ1) is 13.2. The Hall–Kier alpha value is -3.69. The van der Waals surface area contributed by atoms with Crippen molar-refractivity contribution >= 4 is 17.8 Å². The van der Waals surface area contributed by atoms with E-state index in [2.05, 4.69) is 20.0 Å². The molecular weight excluding hydrogens is 382 g/mol. The number of nitrogens with one attached hydrogen (secondary N) is 1. The SMILES string of the molecule is O=C(O)Oc1cc(F)cc(-c2cccc(Nc3nccc(C(F)(F)F)n3)c2)c1. The quantitative estimate of drug-likeness (QED) is 0.364. The van der Waals surface area contributed by atoms with Gasteiger partial charge in [0.2, 0.25) is 5.95 Å². The maximum absolute atomic E-state index is 13.8. The highest BCUT2D eigenvalue weighted by Crippen LogP contribution is 2.30. The summed E-state index contributed by atoms with van der Waals surface area (Å²) in [7, 11) is 0. The molecule has 0 saturated carbocycles. The number of hydrogen-bond donors (Lipinski definition) is 2. The molecule has 2 aromatic carbocycles. The highest BCUT2D eigenvalue weighted by Gasteiger charge is 2.32. The molecule has 0 fully saturated rings. The van der Waals surface area contributed by atoms with Gasteiger partial charge in [-0.15, -0.1) is 0 Å². The fourth-order valence-corrected chi connectivity index (χ4v) is 2.37. The summed E-state index contributed by atoms with van der Waals surface area (Å²) in [6.07, 6.45) is -5.22. The molecule has 10 heteroatoms. The second-order valence-corrected chi connectivity index (χ2v) is 5.51. The van der Waals surface area contributed by atoms with Crippen LogP contribution in [0.4, 0.5) is 34.0 Å². The fourth-order valence-electron chi connectivity index (χ4n) is 2.37. The summed E-state index contributed by atoms with van der Waals surface area (Å²) in [6.45, 7) is 0. The van der Waals surface area contributed by atoms with Crippen LogP contribution < -0.4 is 10.1 Å². The smallest absolute Gasteiger partial charge is 0.449 e. The molecule has 1 aromatic heterocycles. The number of carboxylic acid groups (broad SMARTS) is 1. The third-order valence-corrected chi connectivity index (χ3v) is 3.47. The first-order valence-electron chi connectivity index (χ1n) is 7.70. The minimum atomic E-state index is -4.61. The van der Waals surface area contributed by atoms with Gasteiger partial charge >= 0.3 is 12.3 Å². The summed E-state index contributed by atoms with van der Waals surface area (Å²) in [4.78, 5) is 17.8. The van der Waals surface area contributed by atoms with Crippen LogP contribution in [0.5, 0.6) is 5.75 Å². The van der Waals surface area contributed by atoms with Crippen molar-refractivity contribution in [1.82, 2.24) is 9.97 Å². The van der Waals surface area contributed by atoms with Crippen LogP contribution in [0.15, 0.2) is 54.7 Å². The van der Waals surface area contributed by atoms with Gasteiger partial charge in [0.15, 0.2) is 0 Å². The molecule has 0 aliphatic carbocycles. The molecule has 0 unspecified atom stereocenters. The summed E-state index contributed by atoms with van der Waals surface area (Å²) in [5, 5.41) is 11.3. The lowest BCUT2D eigenvalue weighted by Crippen LogP contribution is -2.10. The number of halogens is 4. The van der Waals surface area contributed by atoms with E-state index in [1.165, 1.54) is 12.1 Å². The van der Waals surface area contributed by atoms with E-state index < -0.39 is 23.8 Å². The van der Waals surface area contributed by atoms with Crippen molar-refractivity contribution in [1.29, 1.82) is 0 Å². The molecule has 6 nitrogen and oxygen atoms in total. The van der Waals surface area contributed by atoms with Crippen molar-refractivity contribution in [2.75, 3.05) is 5.32 Å². The average Bonchev–Trinajstić information content (AvgIpc) is 2.60. The summed E-state index contributed by atoms with van der Waals surface area (Å²) in [5.41, 5.74) is 0.0279. The number of aromatic nitrogens is 2. The minimum absolute atomic E-state index is 0.206. The molecule has 0 saturated heterocycles. The lowest BCUT2D eigenvalue weighted by Gasteiger charge is -2.10. The van der Waals surface area contributed by atoms with Gasteiger partial charge in [-0.3, -0.25) is 0 Å². The van der Waals surface area contributed by atoms with Crippen molar-refractivity contribution < 1.29 is 32.2 Å². The maximum Gasteiger partial charge on any atom is 0.511 e. The Morgan fingerprint density at radius 2 is 1.86 bits per heavy atom. The van der Waals surface area contributed by atoms with Crippen molar-refractivity contribution in [2.24, 2.45) is 0 Å². The Labute approximate surface area is 155 Å². The Bertz CT molecular complexity index is 1020. The molecule has 3 rings (SSSR count). The predicted molar refractivity (Wildman–Crippen MR) is 90.8 cm³/mol. The van der Waals surface area contributed by atoms with Crippen molar-refractivity contribution in [3.8, 4) is 16.9 Å². The molecule has 0 aliphatic heterocycles. The molecule has 0 amide bonds. The molecule has 0 spiro atoms. The number of ether oxygens (including phenoxy) is 1. The molecule has 28 heavy (non-hydrogen) atoms. The Morgan fingerprint density at radius 1 is 1.07 bits per heavy atom. The molecule has 0 bridgehead atoms. The van der Waals surface area contributed by atoms with Crippen LogP contribution in [0.3, 0.4) is 0 Å². The van der Waals surface area contributed by atoms with Gasteiger partial charge in [0, 0.05) is 18.0 Å². The van der Waals surface area contributed by atoms with Crippen molar-refractivity contribution in [3.63, 3.8) is 0 Å². The second kappa shape index (κ2) is 7.51. The number of nitrogens with zero attached hydrogens (tertiary/aromatic N) is 2. The Morgan fingerprint density at radius 3 is 2.57 bits per heavy atom. The number of benzene rings is 2. The molecular formula is C18H11F4N3O3. The lowest BCUT2D eigenvalue weighted by atomic mass is 10.0. The summed E-state index contributed by atoms with van der Waals surface area (Å²) in [5.74, 6) is -1.18. The van der Waals surface area contributed by atoms with E-state index in [-0.39, 0.29) is 11.7 Å². The summed E-state index contributed by atoms with van der Waals surface area (Å²) in [6, 6.07) is 10.4. The maximum atomic E-state index is 13.8. The van der Waals surface area contributed by atoms with Gasteiger partial charge in [0.25, 0.3) is 0 Å². The van der Waals surface area contributed by atoms with Crippen LogP contribution in [0.25, 0.3) is 11.1 Å². The second-order valence-electron chi connectivity index (χ2n) is 5.51. The van der Waals surface area contributed by atoms with Gasteiger partial charge in [-0.1, -0.05) is 12.1 Å². The van der Waals surface area contributed by atoms with Crippen LogP contribution >= 0.6 is 0 Å². The van der Waals surface area contributed by atoms with E-state index in [0.717, 1.165) is 24.4 Å². The number of carbonyl (C=O) groups is 1. The molecule has 0 radical (unpaired) electrons. The zero-order valence-electron chi connectivity index (χ0n) is 13.9. The summed E-state index contributed by atoms with van der Waals surface area (Å²) < 4.78 is 56.5. The number of alkyl halides is 3. The largest absolute Gasteiger partial charge is 0.511 e. The van der Waals surface area contributed by atoms with Gasteiger partial charge in [-0.25, -0.2) is 19.2 Å². The molecule has 2 N–H and O–H groups in total. The van der Waals surface area contributed by atoms with E-state index >= 15 is 0 Å². The average molecular weight is 393 g/mol. The third-order valence-electron chi connectivity index (χ3n) is 3.47. The van der Waals surface area contributed by atoms with Crippen LogP contribution in [0.2, 0.25) is 0 Å². The van der Waals surface area contributed by atoms with Gasteiger partial charge < -0.3 is 15.2 Å². The summed E-state index contributed by atoms with van der Waals surface area (Å²) >= 11 is 0. The first kappa shape index (κ1) is 19.1. The monoisotopic (exact) mass is 393 g/mol. The fraction of sp³-hybridized carbons (Fsp3) is 0.0556. The highest BCUT2D eigenvalue weighted by atomic mass is 19.4. The Kier molecular flexibility index (Phi) is 5.12. The van der Waals surface area contributed by atoms with Crippen LogP contribution in [-0.2, 0) is 6.18 Å². The minimum Gasteiger partial charge on any atom is -0.449 e. The third kappa shape index (κ3) is 4.72. The molecule has 0 atom stereocenters. The van der Waals surface area contributed by atoms with Crippen LogP contribution in [-0.4, -0.2) is 21.2 Å². The lowest BCUT2D eigenvalue weighted by molar-refractivity contribution is -0.141. The predicted octanol–water partition coefficient (Wildman–Crippen LogP) is 5.10. The number of rotatable bonds is 4. The topological polar surface area (TPSA) is 84.3 Å². The van der Waals surface area contributed by atoms with Crippen LogP contribution in [0, 0.1) is 5.82 Å². The highest BCUT2D eigenvalue weighted by molar-refractivity contribution is 5.71. The molecule has 3 aromatic rings. The Balaban J connectivity index is 1.89. The van der Waals surface area contributed by atoms with E-state index in [0.29, 0.717) is 16.8 Å². The van der Waals surface area contributed by atoms with Gasteiger partial charge in [0.1, 0.15) is 17.3 Å². The number of hydrogen-bond acceptors (Lipinski definition) is 5. The van der Waals surface area contributed by atoms with Gasteiger partial charge in [-0.05, 0) is 41.5 Å².